The SMILES string of the molecule is Cc1cc(C)c2c(c1CN1CCC(c3ccccc3)CC1)OC(C)(N)C2C.Cl.Cl. The van der Waals surface area contributed by atoms with E-state index in [0.29, 0.717) is 5.92 Å². The van der Waals surface area contributed by atoms with E-state index in [4.69, 9.17) is 10.5 Å². The van der Waals surface area contributed by atoms with Gasteiger partial charge in [0.15, 0.2) is 5.72 Å². The number of halogens is 2. The van der Waals surface area contributed by atoms with E-state index in [9.17, 15) is 0 Å². The monoisotopic (exact) mass is 436 g/mol. The molecule has 2 aromatic carbocycles. The number of fused-ring (bicyclic) bond motifs is 1. The molecule has 0 bridgehead atoms. The minimum atomic E-state index is -0.615. The van der Waals surface area contributed by atoms with Crippen molar-refractivity contribution in [3.63, 3.8) is 0 Å². The Labute approximate surface area is 187 Å². The molecule has 5 heteroatoms. The molecule has 2 heterocycles. The maximum absolute atomic E-state index is 6.44. The number of nitrogens with two attached hydrogens (primary N) is 1. The highest BCUT2D eigenvalue weighted by molar-refractivity contribution is 5.85. The van der Waals surface area contributed by atoms with Crippen LogP contribution < -0.4 is 10.5 Å². The molecule has 0 spiro atoms. The Balaban J connectivity index is 0.00000150. The maximum atomic E-state index is 6.44. The highest BCUT2D eigenvalue weighted by Crippen LogP contribution is 2.47. The first-order valence-corrected chi connectivity index (χ1v) is 10.2. The topological polar surface area (TPSA) is 38.5 Å². The first-order valence-electron chi connectivity index (χ1n) is 10.2. The van der Waals surface area contributed by atoms with Gasteiger partial charge >= 0.3 is 0 Å². The number of piperidine rings is 1. The third-order valence-electron chi connectivity index (χ3n) is 6.71. The average Bonchev–Trinajstić information content (AvgIpc) is 2.90. The summed E-state index contributed by atoms with van der Waals surface area (Å²) in [6, 6.07) is 13.3. The van der Waals surface area contributed by atoms with E-state index in [1.807, 2.05) is 6.92 Å². The Kier molecular flexibility index (Phi) is 7.67. The van der Waals surface area contributed by atoms with Crippen LogP contribution in [0.5, 0.6) is 5.75 Å². The standard InChI is InChI=1S/C24H32N2O.2ClH/c1-16-14-17(2)22-18(3)24(4,25)27-23(22)21(16)15-26-12-10-20(11-13-26)19-8-6-5-7-9-19;;/h5-9,14,18,20H,10-13,15,25H2,1-4H3;2*1H. The van der Waals surface area contributed by atoms with E-state index in [1.165, 1.54) is 40.7 Å². The van der Waals surface area contributed by atoms with Gasteiger partial charge in [-0.2, -0.15) is 0 Å². The number of ether oxygens (including phenoxy) is 1. The smallest absolute Gasteiger partial charge is 0.162 e. The number of aryl methyl sites for hydroxylation is 2. The van der Waals surface area contributed by atoms with Gasteiger partial charge in [0.05, 0.1) is 0 Å². The third kappa shape index (κ3) is 4.59. The van der Waals surface area contributed by atoms with Crippen molar-refractivity contribution in [2.45, 2.75) is 64.6 Å². The molecule has 0 aliphatic carbocycles. The van der Waals surface area contributed by atoms with Gasteiger partial charge in [-0.25, -0.2) is 0 Å². The van der Waals surface area contributed by atoms with Gasteiger partial charge in [-0.3, -0.25) is 10.6 Å². The van der Waals surface area contributed by atoms with E-state index in [2.05, 4.69) is 62.1 Å². The van der Waals surface area contributed by atoms with E-state index >= 15 is 0 Å². The summed E-state index contributed by atoms with van der Waals surface area (Å²) in [6.07, 6.45) is 2.45. The lowest BCUT2D eigenvalue weighted by molar-refractivity contribution is 0.0988. The van der Waals surface area contributed by atoms with Crippen molar-refractivity contribution >= 4 is 24.8 Å². The number of hydrogen-bond acceptors (Lipinski definition) is 3. The number of hydrogen-bond donors (Lipinski definition) is 1. The van der Waals surface area contributed by atoms with Crippen LogP contribution >= 0.6 is 24.8 Å². The molecule has 1 fully saturated rings. The average molecular weight is 437 g/mol. The highest BCUT2D eigenvalue weighted by Gasteiger charge is 2.41. The first-order chi connectivity index (χ1) is 12.9. The largest absolute Gasteiger partial charge is 0.472 e. The van der Waals surface area contributed by atoms with Gasteiger partial charge in [0.1, 0.15) is 5.75 Å². The summed E-state index contributed by atoms with van der Waals surface area (Å²) in [4.78, 5) is 2.58. The Bertz CT molecular complexity index is 831. The van der Waals surface area contributed by atoms with Gasteiger partial charge in [0.25, 0.3) is 0 Å². The Hall–Kier alpha value is -1.26. The number of likely N-dealkylation sites (tertiary alicyclic amines) is 1. The second-order valence-corrected chi connectivity index (χ2v) is 8.70. The minimum Gasteiger partial charge on any atom is -0.472 e. The lowest BCUT2D eigenvalue weighted by atomic mass is 9.87. The van der Waals surface area contributed by atoms with Crippen molar-refractivity contribution in [3.05, 3.63) is 64.2 Å². The molecule has 2 unspecified atom stereocenters. The zero-order valence-electron chi connectivity index (χ0n) is 17.9. The minimum absolute atomic E-state index is 0. The molecular formula is C24H34Cl2N2O. The fourth-order valence-corrected chi connectivity index (χ4v) is 4.83. The summed E-state index contributed by atoms with van der Waals surface area (Å²) in [6.45, 7) is 11.8. The summed E-state index contributed by atoms with van der Waals surface area (Å²) in [5.74, 6) is 1.96. The van der Waals surface area contributed by atoms with Gasteiger partial charge in [0, 0.05) is 23.6 Å². The van der Waals surface area contributed by atoms with Gasteiger partial charge in [-0.15, -0.1) is 24.8 Å². The van der Waals surface area contributed by atoms with Gasteiger partial charge in [-0.1, -0.05) is 43.3 Å². The molecule has 2 aromatic rings. The molecule has 29 heavy (non-hydrogen) atoms. The second kappa shape index (κ2) is 9.26. The Morgan fingerprint density at radius 3 is 2.31 bits per heavy atom. The molecule has 2 aliphatic rings. The third-order valence-corrected chi connectivity index (χ3v) is 6.71. The molecule has 2 aliphatic heterocycles. The molecule has 160 valence electrons. The van der Waals surface area contributed by atoms with Crippen molar-refractivity contribution in [2.75, 3.05) is 13.1 Å². The lowest BCUT2D eigenvalue weighted by Gasteiger charge is -2.33. The summed E-state index contributed by atoms with van der Waals surface area (Å²) in [5.41, 5.74) is 12.6. The van der Waals surface area contributed by atoms with E-state index in [-0.39, 0.29) is 30.7 Å². The van der Waals surface area contributed by atoms with Crippen molar-refractivity contribution < 1.29 is 4.74 Å². The van der Waals surface area contributed by atoms with Crippen LogP contribution in [0.15, 0.2) is 36.4 Å². The van der Waals surface area contributed by atoms with Crippen molar-refractivity contribution in [3.8, 4) is 5.75 Å². The molecule has 2 atom stereocenters. The van der Waals surface area contributed by atoms with Gasteiger partial charge in [0.2, 0.25) is 0 Å². The zero-order chi connectivity index (χ0) is 19.2. The van der Waals surface area contributed by atoms with Crippen LogP contribution in [0, 0.1) is 13.8 Å². The summed E-state index contributed by atoms with van der Waals surface area (Å²) in [5, 5.41) is 0. The van der Waals surface area contributed by atoms with Crippen LogP contribution in [-0.2, 0) is 6.54 Å². The normalized spacial score (nSPS) is 24.2. The van der Waals surface area contributed by atoms with Crippen molar-refractivity contribution in [1.29, 1.82) is 0 Å². The molecule has 0 radical (unpaired) electrons. The molecular weight excluding hydrogens is 403 g/mol. The van der Waals surface area contributed by atoms with Crippen LogP contribution in [0.1, 0.15) is 66.3 Å². The predicted octanol–water partition coefficient (Wildman–Crippen LogP) is 5.70. The summed E-state index contributed by atoms with van der Waals surface area (Å²) < 4.78 is 6.28. The van der Waals surface area contributed by atoms with Gasteiger partial charge in [-0.05, 0) is 69.3 Å². The molecule has 4 rings (SSSR count). The molecule has 2 N–H and O–H groups in total. The maximum Gasteiger partial charge on any atom is 0.162 e. The van der Waals surface area contributed by atoms with Crippen LogP contribution in [0.3, 0.4) is 0 Å². The van der Waals surface area contributed by atoms with Crippen LogP contribution in [0.2, 0.25) is 0 Å². The number of benzene rings is 2. The molecule has 0 saturated carbocycles. The highest BCUT2D eigenvalue weighted by atomic mass is 35.5. The predicted molar refractivity (Wildman–Crippen MR) is 126 cm³/mol. The fourth-order valence-electron chi connectivity index (χ4n) is 4.83. The van der Waals surface area contributed by atoms with E-state index in [0.717, 1.165) is 25.4 Å². The number of nitrogens with zero attached hydrogens (tertiary/aromatic N) is 1. The number of rotatable bonds is 3. The molecule has 0 amide bonds. The van der Waals surface area contributed by atoms with Crippen LogP contribution in [0.4, 0.5) is 0 Å². The quantitative estimate of drug-likeness (QED) is 0.670. The fraction of sp³-hybridized carbons (Fsp3) is 0.500. The molecule has 1 saturated heterocycles. The first kappa shape index (κ1) is 24.0. The molecule has 3 nitrogen and oxygen atoms in total. The zero-order valence-corrected chi connectivity index (χ0v) is 19.5. The molecule has 0 aromatic heterocycles. The van der Waals surface area contributed by atoms with Crippen LogP contribution in [-0.4, -0.2) is 23.7 Å². The van der Waals surface area contributed by atoms with E-state index in [1.54, 1.807) is 0 Å². The summed E-state index contributed by atoms with van der Waals surface area (Å²) >= 11 is 0. The lowest BCUT2D eigenvalue weighted by Crippen LogP contribution is -2.43. The Morgan fingerprint density at radius 1 is 1.07 bits per heavy atom. The van der Waals surface area contributed by atoms with E-state index < -0.39 is 5.72 Å². The van der Waals surface area contributed by atoms with Crippen molar-refractivity contribution in [1.82, 2.24) is 4.90 Å². The Morgan fingerprint density at radius 2 is 1.69 bits per heavy atom. The van der Waals surface area contributed by atoms with Gasteiger partial charge < -0.3 is 4.74 Å². The van der Waals surface area contributed by atoms with Crippen LogP contribution in [0.25, 0.3) is 0 Å². The van der Waals surface area contributed by atoms with Crippen molar-refractivity contribution in [2.24, 2.45) is 5.73 Å². The second-order valence-electron chi connectivity index (χ2n) is 8.70. The summed E-state index contributed by atoms with van der Waals surface area (Å²) in [7, 11) is 0.